The molecule has 15 heavy (non-hydrogen) atoms. The third-order valence-corrected chi connectivity index (χ3v) is 2.70. The number of benzene rings is 1. The highest BCUT2D eigenvalue weighted by atomic mass is 15.0. The Labute approximate surface area is 90.4 Å². The van der Waals surface area contributed by atoms with Gasteiger partial charge in [-0.25, -0.2) is 0 Å². The lowest BCUT2D eigenvalue weighted by Gasteiger charge is -2.13. The fourth-order valence-corrected chi connectivity index (χ4v) is 1.98. The number of nitrogen functional groups attached to an aromatic ring is 1. The van der Waals surface area contributed by atoms with Gasteiger partial charge < -0.3 is 11.1 Å². The van der Waals surface area contributed by atoms with Gasteiger partial charge in [-0.05, 0) is 43.5 Å². The highest BCUT2D eigenvalue weighted by molar-refractivity contribution is 5.97. The summed E-state index contributed by atoms with van der Waals surface area (Å²) in [7, 11) is 0. The van der Waals surface area contributed by atoms with Crippen molar-refractivity contribution in [3.63, 3.8) is 0 Å². The molecular weight excluding hydrogens is 186 g/mol. The summed E-state index contributed by atoms with van der Waals surface area (Å²) in [6, 6.07) is 3.98. The molecular formula is C12H17N3. The van der Waals surface area contributed by atoms with Crippen molar-refractivity contribution >= 4 is 17.2 Å². The second-order valence-electron chi connectivity index (χ2n) is 4.09. The average Bonchev–Trinajstić information content (AvgIpc) is 2.63. The van der Waals surface area contributed by atoms with E-state index in [-0.39, 0.29) is 0 Å². The van der Waals surface area contributed by atoms with E-state index in [0.717, 1.165) is 36.6 Å². The fourth-order valence-electron chi connectivity index (χ4n) is 1.98. The standard InChI is InChI=1S/C12H17N3/c1-8-6-10(13)7-9(2)12(8)15-11-4-3-5-14-11/h6-7H,3-5,13H2,1-2H3,(H,14,15). The highest BCUT2D eigenvalue weighted by Gasteiger charge is 2.09. The molecule has 1 aromatic rings. The van der Waals surface area contributed by atoms with Crippen LogP contribution in [-0.4, -0.2) is 12.4 Å². The van der Waals surface area contributed by atoms with E-state index < -0.39 is 0 Å². The first kappa shape index (κ1) is 10.0. The van der Waals surface area contributed by atoms with E-state index >= 15 is 0 Å². The Hall–Kier alpha value is -1.51. The summed E-state index contributed by atoms with van der Waals surface area (Å²) in [6.45, 7) is 5.10. The Kier molecular flexibility index (Phi) is 2.62. The Balaban J connectivity index is 2.27. The number of aliphatic imine (C=N–C) groups is 1. The van der Waals surface area contributed by atoms with Gasteiger partial charge in [0, 0.05) is 24.3 Å². The molecule has 2 rings (SSSR count). The number of nitrogens with one attached hydrogen (secondary N) is 1. The summed E-state index contributed by atoms with van der Waals surface area (Å²) in [5.41, 5.74) is 10.1. The molecule has 0 bridgehead atoms. The molecule has 0 aromatic heterocycles. The lowest BCUT2D eigenvalue weighted by molar-refractivity contribution is 0.951. The zero-order valence-corrected chi connectivity index (χ0v) is 9.30. The van der Waals surface area contributed by atoms with Crippen molar-refractivity contribution in [2.45, 2.75) is 26.7 Å². The Morgan fingerprint density at radius 3 is 2.47 bits per heavy atom. The molecule has 1 heterocycles. The monoisotopic (exact) mass is 203 g/mol. The molecule has 0 spiro atoms. The molecule has 0 radical (unpaired) electrons. The summed E-state index contributed by atoms with van der Waals surface area (Å²) in [6.07, 6.45) is 2.22. The van der Waals surface area contributed by atoms with Gasteiger partial charge in [0.15, 0.2) is 0 Å². The van der Waals surface area contributed by atoms with Gasteiger partial charge in [-0.2, -0.15) is 0 Å². The van der Waals surface area contributed by atoms with Gasteiger partial charge in [0.2, 0.25) is 0 Å². The summed E-state index contributed by atoms with van der Waals surface area (Å²) >= 11 is 0. The van der Waals surface area contributed by atoms with Crippen molar-refractivity contribution in [3.05, 3.63) is 23.3 Å². The first-order chi connectivity index (χ1) is 7.16. The quantitative estimate of drug-likeness (QED) is 0.689. The minimum absolute atomic E-state index is 0.823. The molecule has 0 amide bonds. The molecule has 1 aliphatic heterocycles. The third kappa shape index (κ3) is 2.12. The van der Waals surface area contributed by atoms with E-state index in [1.54, 1.807) is 0 Å². The maximum atomic E-state index is 5.78. The van der Waals surface area contributed by atoms with Crippen LogP contribution in [0.5, 0.6) is 0 Å². The van der Waals surface area contributed by atoms with Crippen molar-refractivity contribution < 1.29 is 0 Å². The van der Waals surface area contributed by atoms with Crippen molar-refractivity contribution in [1.29, 1.82) is 0 Å². The molecule has 3 N–H and O–H groups in total. The van der Waals surface area contributed by atoms with Crippen LogP contribution < -0.4 is 11.1 Å². The first-order valence-electron chi connectivity index (χ1n) is 5.34. The van der Waals surface area contributed by atoms with E-state index in [1.807, 2.05) is 12.1 Å². The summed E-state index contributed by atoms with van der Waals surface area (Å²) in [5, 5.41) is 3.40. The van der Waals surface area contributed by atoms with Crippen molar-refractivity contribution in [1.82, 2.24) is 0 Å². The predicted molar refractivity (Wildman–Crippen MR) is 65.5 cm³/mol. The van der Waals surface area contributed by atoms with Crippen molar-refractivity contribution in [2.75, 3.05) is 17.6 Å². The Bertz CT molecular complexity index is 384. The zero-order chi connectivity index (χ0) is 10.8. The summed E-state index contributed by atoms with van der Waals surface area (Å²) in [4.78, 5) is 4.41. The van der Waals surface area contributed by atoms with E-state index in [2.05, 4.69) is 24.2 Å². The molecule has 1 aromatic carbocycles. The van der Waals surface area contributed by atoms with Crippen LogP contribution in [0.2, 0.25) is 0 Å². The Morgan fingerprint density at radius 2 is 1.93 bits per heavy atom. The van der Waals surface area contributed by atoms with Crippen LogP contribution in [0.1, 0.15) is 24.0 Å². The SMILES string of the molecule is Cc1cc(N)cc(C)c1NC1=NCCC1. The van der Waals surface area contributed by atoms with Crippen LogP contribution in [0.25, 0.3) is 0 Å². The van der Waals surface area contributed by atoms with Crippen molar-refractivity contribution in [2.24, 2.45) is 4.99 Å². The summed E-state index contributed by atoms with van der Waals surface area (Å²) in [5.74, 6) is 1.10. The first-order valence-corrected chi connectivity index (χ1v) is 5.34. The van der Waals surface area contributed by atoms with Gasteiger partial charge in [0.1, 0.15) is 5.84 Å². The van der Waals surface area contributed by atoms with Gasteiger partial charge in [-0.1, -0.05) is 0 Å². The lowest BCUT2D eigenvalue weighted by atomic mass is 10.1. The normalized spacial score (nSPS) is 15.2. The number of nitrogens with two attached hydrogens (primary N) is 1. The molecule has 0 saturated heterocycles. The third-order valence-electron chi connectivity index (χ3n) is 2.70. The van der Waals surface area contributed by atoms with Crippen LogP contribution in [-0.2, 0) is 0 Å². The topological polar surface area (TPSA) is 50.4 Å². The second kappa shape index (κ2) is 3.93. The molecule has 1 aliphatic rings. The van der Waals surface area contributed by atoms with Crippen LogP contribution >= 0.6 is 0 Å². The summed E-state index contributed by atoms with van der Waals surface area (Å²) < 4.78 is 0. The predicted octanol–water partition coefficient (Wildman–Crippen LogP) is 2.49. The number of anilines is 2. The molecule has 0 atom stereocenters. The zero-order valence-electron chi connectivity index (χ0n) is 9.30. The number of hydrogen-bond acceptors (Lipinski definition) is 3. The van der Waals surface area contributed by atoms with Crippen LogP contribution in [0, 0.1) is 13.8 Å². The van der Waals surface area contributed by atoms with E-state index in [1.165, 1.54) is 11.1 Å². The van der Waals surface area contributed by atoms with Gasteiger partial charge in [0.25, 0.3) is 0 Å². The molecule has 3 heteroatoms. The minimum Gasteiger partial charge on any atom is -0.399 e. The van der Waals surface area contributed by atoms with E-state index in [0.29, 0.717) is 0 Å². The molecule has 3 nitrogen and oxygen atoms in total. The number of aryl methyl sites for hydroxylation is 2. The molecule has 0 saturated carbocycles. The minimum atomic E-state index is 0.823. The highest BCUT2D eigenvalue weighted by Crippen LogP contribution is 2.24. The fraction of sp³-hybridized carbons (Fsp3) is 0.417. The van der Waals surface area contributed by atoms with Crippen molar-refractivity contribution in [3.8, 4) is 0 Å². The second-order valence-corrected chi connectivity index (χ2v) is 4.09. The molecule has 0 unspecified atom stereocenters. The van der Waals surface area contributed by atoms with Gasteiger partial charge >= 0.3 is 0 Å². The number of amidine groups is 1. The lowest BCUT2D eigenvalue weighted by Crippen LogP contribution is -2.11. The molecule has 0 fully saturated rings. The average molecular weight is 203 g/mol. The van der Waals surface area contributed by atoms with Gasteiger partial charge in [0.05, 0.1) is 0 Å². The largest absolute Gasteiger partial charge is 0.399 e. The Morgan fingerprint density at radius 1 is 1.27 bits per heavy atom. The molecule has 80 valence electrons. The number of rotatable bonds is 1. The maximum Gasteiger partial charge on any atom is 0.101 e. The van der Waals surface area contributed by atoms with Crippen LogP contribution in [0.15, 0.2) is 17.1 Å². The van der Waals surface area contributed by atoms with E-state index in [9.17, 15) is 0 Å². The van der Waals surface area contributed by atoms with Gasteiger partial charge in [-0.15, -0.1) is 0 Å². The van der Waals surface area contributed by atoms with Crippen LogP contribution in [0.4, 0.5) is 11.4 Å². The smallest absolute Gasteiger partial charge is 0.101 e. The van der Waals surface area contributed by atoms with Gasteiger partial charge in [-0.3, -0.25) is 4.99 Å². The number of hydrogen-bond donors (Lipinski definition) is 2. The van der Waals surface area contributed by atoms with E-state index in [4.69, 9.17) is 5.73 Å². The van der Waals surface area contributed by atoms with Crippen LogP contribution in [0.3, 0.4) is 0 Å². The number of nitrogens with zero attached hydrogens (tertiary/aromatic N) is 1. The maximum absolute atomic E-state index is 5.78. The molecule has 0 aliphatic carbocycles.